The average molecular weight is 1020 g/mol. The molecule has 0 N–H and O–H groups in total. The Morgan fingerprint density at radius 1 is 0.534 bits per heavy atom. The molecule has 0 spiro atoms. The van der Waals surface area contributed by atoms with Crippen LogP contribution in [-0.2, 0) is 18.9 Å². The molecule has 0 unspecified atom stereocenters. The number of carbonyl (C=O) groups is 2. The summed E-state index contributed by atoms with van der Waals surface area (Å²) in [4.78, 5) is 31.0. The smallest absolute Gasteiger partial charge is 0.343 e. The van der Waals surface area contributed by atoms with E-state index in [2.05, 4.69) is 44.2 Å². The van der Waals surface area contributed by atoms with Crippen molar-refractivity contribution in [2.75, 3.05) is 79.3 Å². The molecule has 2 saturated heterocycles. The zero-order valence-corrected chi connectivity index (χ0v) is 43.5. The highest BCUT2D eigenvalue weighted by Crippen LogP contribution is 2.34. The molecule has 6 aromatic rings. The van der Waals surface area contributed by atoms with Crippen LogP contribution < -0.4 is 28.4 Å². The van der Waals surface area contributed by atoms with E-state index in [9.17, 15) is 9.59 Å². The molecule has 0 aliphatic carbocycles. The summed E-state index contributed by atoms with van der Waals surface area (Å²) < 4.78 is 58.6. The second-order valence-corrected chi connectivity index (χ2v) is 20.9. The number of esters is 2. The Morgan fingerprint density at radius 2 is 1.00 bits per heavy atom. The Labute approximate surface area is 433 Å². The number of unbranched alkanes of at least 4 members (excludes halogenated alkanes) is 4. The predicted molar refractivity (Wildman–Crippen MR) is 282 cm³/mol. The van der Waals surface area contributed by atoms with Crippen molar-refractivity contribution in [3.8, 4) is 45.1 Å². The number of aromatic nitrogens is 1. The van der Waals surface area contributed by atoms with Crippen molar-refractivity contribution in [2.24, 2.45) is 10.8 Å². The molecule has 14 heteroatoms. The summed E-state index contributed by atoms with van der Waals surface area (Å²) in [5, 5.41) is 0.695. The maximum Gasteiger partial charge on any atom is 0.343 e. The highest BCUT2D eigenvalue weighted by molar-refractivity contribution is 7.20. The van der Waals surface area contributed by atoms with Gasteiger partial charge in [0, 0.05) is 29.6 Å². The van der Waals surface area contributed by atoms with Crippen molar-refractivity contribution in [3.05, 3.63) is 126 Å². The van der Waals surface area contributed by atoms with Crippen LogP contribution in [-0.4, -0.2) is 96.2 Å². The summed E-state index contributed by atoms with van der Waals surface area (Å²) in [5.41, 5.74) is 4.99. The molecule has 8 rings (SSSR count). The van der Waals surface area contributed by atoms with Gasteiger partial charge in [-0.1, -0.05) is 57.2 Å². The second kappa shape index (κ2) is 26.3. The number of rotatable bonds is 30. The normalized spacial score (nSPS) is 14.5. The first-order chi connectivity index (χ1) is 35.5. The molecule has 1 aromatic heterocycles. The van der Waals surface area contributed by atoms with E-state index in [1.807, 2.05) is 26.0 Å². The van der Waals surface area contributed by atoms with Gasteiger partial charge in [-0.3, -0.25) is 0 Å². The van der Waals surface area contributed by atoms with Crippen molar-refractivity contribution in [3.63, 3.8) is 0 Å². The van der Waals surface area contributed by atoms with E-state index in [4.69, 9.17) is 52.4 Å². The molecule has 13 nitrogen and oxygen atoms in total. The minimum absolute atomic E-state index is 0.0130. The highest BCUT2D eigenvalue weighted by Gasteiger charge is 2.34. The fourth-order valence-corrected chi connectivity index (χ4v) is 8.97. The molecule has 0 radical (unpaired) electrons. The maximum atomic E-state index is 13.2. The van der Waals surface area contributed by atoms with Crippen molar-refractivity contribution in [1.29, 1.82) is 0 Å². The molecular weight excluding hydrogens is 947 g/mol. The van der Waals surface area contributed by atoms with E-state index in [1.165, 1.54) is 0 Å². The van der Waals surface area contributed by atoms with Gasteiger partial charge in [0.05, 0.1) is 87.4 Å². The third-order valence-electron chi connectivity index (χ3n) is 12.6. The van der Waals surface area contributed by atoms with E-state index in [0.717, 1.165) is 124 Å². The molecule has 0 atom stereocenters. The number of benzene rings is 5. The van der Waals surface area contributed by atoms with Gasteiger partial charge >= 0.3 is 11.9 Å². The van der Waals surface area contributed by atoms with Crippen LogP contribution in [0.15, 0.2) is 109 Å². The van der Waals surface area contributed by atoms with Gasteiger partial charge in [-0.05, 0) is 153 Å². The molecule has 2 fully saturated rings. The summed E-state index contributed by atoms with van der Waals surface area (Å²) in [5.74, 6) is 1.93. The Kier molecular flexibility index (Phi) is 19.2. The first-order valence-electron chi connectivity index (χ1n) is 25.6. The number of hydrogen-bond donors (Lipinski definition) is 0. The van der Waals surface area contributed by atoms with Crippen LogP contribution in [0.25, 0.3) is 21.3 Å². The lowest BCUT2D eigenvalue weighted by Crippen LogP contribution is -2.43. The van der Waals surface area contributed by atoms with E-state index in [1.54, 1.807) is 78.1 Å². The van der Waals surface area contributed by atoms with E-state index in [-0.39, 0.29) is 16.7 Å². The van der Waals surface area contributed by atoms with Crippen molar-refractivity contribution in [2.45, 2.75) is 78.6 Å². The summed E-state index contributed by atoms with van der Waals surface area (Å²) in [7, 11) is 0. The third-order valence-corrected chi connectivity index (χ3v) is 13.6. The van der Waals surface area contributed by atoms with Gasteiger partial charge in [-0.15, -0.1) is 0 Å². The molecule has 73 heavy (non-hydrogen) atoms. The number of carbonyl (C=O) groups excluding carboxylic acids is 2. The van der Waals surface area contributed by atoms with Gasteiger partial charge in [0.2, 0.25) is 0 Å². The van der Waals surface area contributed by atoms with Gasteiger partial charge in [0.1, 0.15) is 28.7 Å². The highest BCUT2D eigenvalue weighted by atomic mass is 32.1. The largest absolute Gasteiger partial charge is 0.494 e. The number of fused-ring (bicyclic) bond motifs is 1. The second-order valence-electron chi connectivity index (χ2n) is 19.9. The van der Waals surface area contributed by atoms with Crippen LogP contribution in [0.5, 0.6) is 33.9 Å². The van der Waals surface area contributed by atoms with Gasteiger partial charge in [0.15, 0.2) is 0 Å². The maximum absolute atomic E-state index is 13.2. The van der Waals surface area contributed by atoms with Gasteiger partial charge in [-0.25, -0.2) is 14.6 Å². The van der Waals surface area contributed by atoms with E-state index in [0.29, 0.717) is 72.4 Å². The molecule has 0 amide bonds. The van der Waals surface area contributed by atoms with Gasteiger partial charge in [-0.2, -0.15) is 0 Å². The monoisotopic (exact) mass is 1020 g/mol. The van der Waals surface area contributed by atoms with Crippen LogP contribution in [0, 0.1) is 10.8 Å². The lowest BCUT2D eigenvalue weighted by Gasteiger charge is -2.37. The fraction of sp³-hybridized carbons (Fsp3) is 0.441. The molecule has 3 heterocycles. The molecule has 2 aliphatic rings. The molecule has 388 valence electrons. The average Bonchev–Trinajstić information content (AvgIpc) is 3.80. The van der Waals surface area contributed by atoms with Crippen molar-refractivity contribution in [1.82, 2.24) is 4.98 Å². The lowest BCUT2D eigenvalue weighted by atomic mass is 9.90. The third kappa shape index (κ3) is 16.0. The zero-order valence-electron chi connectivity index (χ0n) is 42.7. The number of thiazole rings is 1. The van der Waals surface area contributed by atoms with Gasteiger partial charge in [0.25, 0.3) is 5.19 Å². The summed E-state index contributed by atoms with van der Waals surface area (Å²) >= 11 is 1.57. The first kappa shape index (κ1) is 53.3. The van der Waals surface area contributed by atoms with Gasteiger partial charge < -0.3 is 47.4 Å². The number of nitrogens with zero attached hydrogens (tertiary/aromatic N) is 1. The van der Waals surface area contributed by atoms with Crippen LogP contribution in [0.3, 0.4) is 0 Å². The summed E-state index contributed by atoms with van der Waals surface area (Å²) in [6.45, 7) is 16.7. The zero-order chi connectivity index (χ0) is 50.9. The molecule has 5 aromatic carbocycles. The quantitative estimate of drug-likeness (QED) is 0.0240. The van der Waals surface area contributed by atoms with Crippen LogP contribution >= 0.6 is 11.3 Å². The Morgan fingerprint density at radius 3 is 1.52 bits per heavy atom. The minimum atomic E-state index is -0.499. The first-order valence-corrected chi connectivity index (χ1v) is 26.4. The Hall–Kier alpha value is -6.03. The van der Waals surface area contributed by atoms with Crippen molar-refractivity contribution >= 4 is 33.5 Å². The summed E-state index contributed by atoms with van der Waals surface area (Å²) in [6, 6.07) is 33.3. The predicted octanol–water partition coefficient (Wildman–Crippen LogP) is 12.6. The Bertz CT molecular complexity index is 2680. The lowest BCUT2D eigenvalue weighted by molar-refractivity contribution is -0.138. The molecule has 0 saturated carbocycles. The topological polar surface area (TPSA) is 139 Å². The summed E-state index contributed by atoms with van der Waals surface area (Å²) in [6.07, 6.45) is 6.34. The SMILES string of the molecule is CC(C)c1cc(OC(=O)c2ccc(OCCCCOCC3(C)COC3)cc2)ccc1OC(=O)c1ccc(OCCCCCOc2ccc(-c3ccc4sc(OCCCCOCC5(C)COC5)nc4c3)cc2)cc1. The minimum Gasteiger partial charge on any atom is -0.494 e. The Balaban J connectivity index is 0.686. The molecule has 0 bridgehead atoms. The molecule has 2 aliphatic heterocycles. The molecular formula is C59H69NO12S. The number of hydrogen-bond acceptors (Lipinski definition) is 14. The van der Waals surface area contributed by atoms with Crippen LogP contribution in [0.4, 0.5) is 0 Å². The van der Waals surface area contributed by atoms with E-state index < -0.39 is 11.9 Å². The number of ether oxygens (including phenoxy) is 10. The standard InChI is InChI=1S/C59H69NO12S/c1-42(2)51-35-50(71-55(61)44-14-21-49(22-15-44)69-32-10-8-28-63-36-58(3)38-65-39-58)25-26-53(51)72-56(62)45-16-23-48(24-17-45)68-31-7-5-6-30-67-47-19-12-43(13-20-47)46-18-27-54-52(34-46)60-57(73-54)70-33-11-9-29-64-37-59(4)40-66-41-59/h12-27,34-35,42H,5-11,28-33,36-41H2,1-4H3. The van der Waals surface area contributed by atoms with Crippen LogP contribution in [0.2, 0.25) is 0 Å². The van der Waals surface area contributed by atoms with Crippen molar-refractivity contribution < 1.29 is 57.0 Å². The van der Waals surface area contributed by atoms with E-state index >= 15 is 0 Å². The van der Waals surface area contributed by atoms with Crippen LogP contribution in [0.1, 0.15) is 105 Å². The fourth-order valence-electron chi connectivity index (χ4n) is 8.15.